The molecule has 0 unspecified atom stereocenters. The molecule has 2 aromatic rings. The van der Waals surface area contributed by atoms with Crippen LogP contribution < -0.4 is 0 Å². The van der Waals surface area contributed by atoms with Gasteiger partial charge in [0.2, 0.25) is 10.0 Å². The zero-order valence-corrected chi connectivity index (χ0v) is 17.0. The zero-order valence-electron chi connectivity index (χ0n) is 15.4. The Morgan fingerprint density at radius 2 is 2.04 bits per heavy atom. The number of carbonyl (C=O) groups excluding carboxylic acids is 1. The van der Waals surface area contributed by atoms with Crippen molar-refractivity contribution in [3.05, 3.63) is 46.1 Å². The third kappa shape index (κ3) is 4.06. The van der Waals surface area contributed by atoms with Gasteiger partial charge in [0.05, 0.1) is 10.9 Å². The van der Waals surface area contributed by atoms with Gasteiger partial charge in [-0.1, -0.05) is 22.8 Å². The highest BCUT2D eigenvalue weighted by Crippen LogP contribution is 2.28. The number of ether oxygens (including phenoxy) is 1. The van der Waals surface area contributed by atoms with Crippen LogP contribution in [0.2, 0.25) is 5.02 Å². The number of aryl methyl sites for hydroxylation is 2. The molecule has 1 fully saturated rings. The van der Waals surface area contributed by atoms with E-state index in [2.05, 4.69) is 5.16 Å². The standard InChI is InChI=1S/C18H20ClFN2O5S/c1-11-17(12(2)27-21-11)28(24,25)22-8-6-13(7-9-22)18(23)26-10-14-15(19)4-3-5-16(14)20/h3-5,13H,6-10H2,1-2H3. The molecular weight excluding hydrogens is 411 g/mol. The summed E-state index contributed by atoms with van der Waals surface area (Å²) in [6.07, 6.45) is 0.624. The number of carbonyl (C=O) groups is 1. The Hall–Kier alpha value is -1.97. The van der Waals surface area contributed by atoms with Crippen molar-refractivity contribution in [2.75, 3.05) is 13.1 Å². The van der Waals surface area contributed by atoms with Crippen molar-refractivity contribution in [1.29, 1.82) is 0 Å². The maximum atomic E-state index is 13.8. The van der Waals surface area contributed by atoms with Gasteiger partial charge in [-0.15, -0.1) is 0 Å². The van der Waals surface area contributed by atoms with Gasteiger partial charge in [0.25, 0.3) is 0 Å². The van der Waals surface area contributed by atoms with Gasteiger partial charge >= 0.3 is 5.97 Å². The lowest BCUT2D eigenvalue weighted by Crippen LogP contribution is -2.40. The van der Waals surface area contributed by atoms with Gasteiger partial charge in [-0.05, 0) is 38.8 Å². The van der Waals surface area contributed by atoms with Crippen molar-refractivity contribution in [3.8, 4) is 0 Å². The molecule has 3 rings (SSSR count). The number of halogens is 2. The SMILES string of the molecule is Cc1noc(C)c1S(=O)(=O)N1CCC(C(=O)OCc2c(F)cccc2Cl)CC1. The molecular formula is C18H20ClFN2O5S. The first-order chi connectivity index (χ1) is 13.2. The number of hydrogen-bond acceptors (Lipinski definition) is 6. The fourth-order valence-electron chi connectivity index (χ4n) is 3.24. The second kappa shape index (κ2) is 8.18. The molecule has 1 aliphatic heterocycles. The maximum Gasteiger partial charge on any atom is 0.309 e. The number of rotatable bonds is 5. The molecule has 0 saturated carbocycles. The van der Waals surface area contributed by atoms with Crippen molar-refractivity contribution in [3.63, 3.8) is 0 Å². The van der Waals surface area contributed by atoms with Crippen molar-refractivity contribution >= 4 is 27.6 Å². The second-order valence-corrected chi connectivity index (χ2v) is 8.92. The van der Waals surface area contributed by atoms with Gasteiger partial charge in [0.1, 0.15) is 23.0 Å². The summed E-state index contributed by atoms with van der Waals surface area (Å²) in [7, 11) is -3.74. The molecule has 0 N–H and O–H groups in total. The number of sulfonamides is 1. The van der Waals surface area contributed by atoms with Gasteiger partial charge in [-0.2, -0.15) is 4.31 Å². The Morgan fingerprint density at radius 3 is 2.61 bits per heavy atom. The Balaban J connectivity index is 1.60. The maximum absolute atomic E-state index is 13.8. The van der Waals surface area contributed by atoms with Crippen LogP contribution in [0.5, 0.6) is 0 Å². The summed E-state index contributed by atoms with van der Waals surface area (Å²) in [5, 5.41) is 3.88. The monoisotopic (exact) mass is 430 g/mol. The fraction of sp³-hybridized carbons (Fsp3) is 0.444. The third-order valence-corrected chi connectivity index (χ3v) is 7.27. The first kappa shape index (κ1) is 20.8. The Bertz CT molecular complexity index is 944. The lowest BCUT2D eigenvalue weighted by Gasteiger charge is -2.30. The molecule has 7 nitrogen and oxygen atoms in total. The molecule has 2 heterocycles. The molecule has 0 radical (unpaired) electrons. The van der Waals surface area contributed by atoms with Crippen LogP contribution in [0.3, 0.4) is 0 Å². The number of benzene rings is 1. The molecule has 0 amide bonds. The molecule has 0 spiro atoms. The molecule has 1 saturated heterocycles. The largest absolute Gasteiger partial charge is 0.460 e. The van der Waals surface area contributed by atoms with Gasteiger partial charge in [-0.3, -0.25) is 4.79 Å². The summed E-state index contributed by atoms with van der Waals surface area (Å²) in [5.41, 5.74) is 0.428. The van der Waals surface area contributed by atoms with Crippen molar-refractivity contribution in [2.45, 2.75) is 38.2 Å². The lowest BCUT2D eigenvalue weighted by molar-refractivity contribution is -0.151. The van der Waals surface area contributed by atoms with Crippen LogP contribution in [0.25, 0.3) is 0 Å². The highest BCUT2D eigenvalue weighted by molar-refractivity contribution is 7.89. The average molecular weight is 431 g/mol. The minimum absolute atomic E-state index is 0.0720. The Morgan fingerprint density at radius 1 is 1.36 bits per heavy atom. The topological polar surface area (TPSA) is 89.7 Å². The van der Waals surface area contributed by atoms with Crippen LogP contribution in [0, 0.1) is 25.6 Å². The van der Waals surface area contributed by atoms with E-state index in [9.17, 15) is 17.6 Å². The van der Waals surface area contributed by atoms with E-state index in [1.165, 1.54) is 22.5 Å². The minimum atomic E-state index is -3.74. The van der Waals surface area contributed by atoms with Gasteiger partial charge in [-0.25, -0.2) is 12.8 Å². The van der Waals surface area contributed by atoms with Crippen LogP contribution >= 0.6 is 11.6 Å². The van der Waals surface area contributed by atoms with E-state index >= 15 is 0 Å². The summed E-state index contributed by atoms with van der Waals surface area (Å²) in [4.78, 5) is 12.4. The number of esters is 1. The lowest BCUT2D eigenvalue weighted by atomic mass is 9.98. The van der Waals surface area contributed by atoms with E-state index in [4.69, 9.17) is 20.9 Å². The second-order valence-electron chi connectivity index (χ2n) is 6.64. The molecule has 1 aromatic carbocycles. The quantitative estimate of drug-likeness (QED) is 0.676. The molecule has 1 aliphatic rings. The van der Waals surface area contributed by atoms with Crippen LogP contribution in [0.4, 0.5) is 4.39 Å². The van der Waals surface area contributed by atoms with Crippen molar-refractivity contribution in [2.24, 2.45) is 5.92 Å². The summed E-state index contributed by atoms with van der Waals surface area (Å²) in [6, 6.07) is 4.23. The zero-order chi connectivity index (χ0) is 20.5. The number of nitrogens with zero attached hydrogens (tertiary/aromatic N) is 2. The van der Waals surface area contributed by atoms with Crippen LogP contribution in [0.15, 0.2) is 27.6 Å². The number of hydrogen-bond donors (Lipinski definition) is 0. The molecule has 0 aliphatic carbocycles. The highest BCUT2D eigenvalue weighted by atomic mass is 35.5. The third-order valence-electron chi connectivity index (χ3n) is 4.77. The normalized spacial score (nSPS) is 16.3. The highest BCUT2D eigenvalue weighted by Gasteiger charge is 2.36. The average Bonchev–Trinajstić information content (AvgIpc) is 3.00. The van der Waals surface area contributed by atoms with Crippen molar-refractivity contribution in [1.82, 2.24) is 9.46 Å². The van der Waals surface area contributed by atoms with Crippen LogP contribution in [-0.2, 0) is 26.2 Å². The van der Waals surface area contributed by atoms with E-state index in [1.54, 1.807) is 13.8 Å². The number of piperidine rings is 1. The van der Waals surface area contributed by atoms with E-state index in [1.807, 2.05) is 0 Å². The molecule has 152 valence electrons. The molecule has 1 aromatic heterocycles. The van der Waals surface area contributed by atoms with E-state index in [0.717, 1.165) is 0 Å². The van der Waals surface area contributed by atoms with E-state index < -0.39 is 27.7 Å². The predicted molar refractivity (Wildman–Crippen MR) is 98.7 cm³/mol. The fourth-order valence-corrected chi connectivity index (χ4v) is 5.21. The number of aromatic nitrogens is 1. The van der Waals surface area contributed by atoms with Gasteiger partial charge in [0.15, 0.2) is 5.76 Å². The predicted octanol–water partition coefficient (Wildman–Crippen LogP) is 3.23. The Kier molecular flexibility index (Phi) is 6.07. The van der Waals surface area contributed by atoms with Crippen LogP contribution in [0.1, 0.15) is 29.9 Å². The van der Waals surface area contributed by atoms with E-state index in [-0.39, 0.29) is 40.9 Å². The van der Waals surface area contributed by atoms with Crippen molar-refractivity contribution < 1.29 is 26.9 Å². The van der Waals surface area contributed by atoms with Gasteiger partial charge < -0.3 is 9.26 Å². The minimum Gasteiger partial charge on any atom is -0.460 e. The molecule has 0 atom stereocenters. The molecule has 0 bridgehead atoms. The summed E-state index contributed by atoms with van der Waals surface area (Å²) in [6.45, 7) is 3.20. The van der Waals surface area contributed by atoms with Crippen LogP contribution in [-0.4, -0.2) is 36.9 Å². The smallest absolute Gasteiger partial charge is 0.309 e. The summed E-state index contributed by atoms with van der Waals surface area (Å²) in [5.74, 6) is -1.25. The van der Waals surface area contributed by atoms with E-state index in [0.29, 0.717) is 18.5 Å². The molecule has 28 heavy (non-hydrogen) atoms. The molecule has 10 heteroatoms. The Labute approximate surface area is 167 Å². The first-order valence-electron chi connectivity index (χ1n) is 8.74. The summed E-state index contributed by atoms with van der Waals surface area (Å²) < 4.78 is 50.8. The first-order valence-corrected chi connectivity index (χ1v) is 10.6. The van der Waals surface area contributed by atoms with Gasteiger partial charge in [0, 0.05) is 18.7 Å². The summed E-state index contributed by atoms with van der Waals surface area (Å²) >= 11 is 5.92.